The first-order chi connectivity index (χ1) is 18.4. The van der Waals surface area contributed by atoms with Crippen LogP contribution in [0, 0.1) is 17.2 Å². The van der Waals surface area contributed by atoms with Gasteiger partial charge in [-0.3, -0.25) is 9.59 Å². The van der Waals surface area contributed by atoms with Crippen LogP contribution in [-0.4, -0.2) is 48.1 Å². The number of hydrogen-bond donors (Lipinski definition) is 2. The SMILES string of the molecule is CCc1ccc(C(C(=O)Nc2ccc(OC)cc2)N(CC#N)C(=O)C(CC(C)C)NC(=O)OC(C)(C)C)cc1. The van der Waals surface area contributed by atoms with Crippen molar-refractivity contribution >= 4 is 23.6 Å². The Morgan fingerprint density at radius 1 is 1.03 bits per heavy atom. The highest BCUT2D eigenvalue weighted by atomic mass is 16.6. The van der Waals surface area contributed by atoms with Crippen LogP contribution in [0.25, 0.3) is 0 Å². The molecular weight excluding hydrogens is 496 g/mol. The average molecular weight is 537 g/mol. The molecule has 0 radical (unpaired) electrons. The maximum Gasteiger partial charge on any atom is 0.408 e. The van der Waals surface area contributed by atoms with Crippen molar-refractivity contribution in [3.63, 3.8) is 0 Å². The topological polar surface area (TPSA) is 121 Å². The zero-order valence-electron chi connectivity index (χ0n) is 23.9. The van der Waals surface area contributed by atoms with Gasteiger partial charge >= 0.3 is 6.09 Å². The molecule has 0 heterocycles. The Morgan fingerprint density at radius 3 is 2.13 bits per heavy atom. The fourth-order valence-corrected chi connectivity index (χ4v) is 4.01. The number of anilines is 1. The quantitative estimate of drug-likeness (QED) is 0.380. The van der Waals surface area contributed by atoms with E-state index in [9.17, 15) is 19.6 Å². The van der Waals surface area contributed by atoms with Gasteiger partial charge in [0.15, 0.2) is 0 Å². The zero-order chi connectivity index (χ0) is 29.2. The molecule has 2 aromatic carbocycles. The molecule has 0 aliphatic rings. The number of nitrogens with zero attached hydrogens (tertiary/aromatic N) is 2. The van der Waals surface area contributed by atoms with E-state index in [4.69, 9.17) is 9.47 Å². The monoisotopic (exact) mass is 536 g/mol. The Morgan fingerprint density at radius 2 is 1.64 bits per heavy atom. The number of benzene rings is 2. The van der Waals surface area contributed by atoms with E-state index in [-0.39, 0.29) is 12.5 Å². The van der Waals surface area contributed by atoms with Crippen molar-refractivity contribution in [1.29, 1.82) is 5.26 Å². The first kappa shape index (κ1) is 31.2. The number of nitriles is 1. The Bertz CT molecular complexity index is 1150. The van der Waals surface area contributed by atoms with Crippen molar-refractivity contribution in [3.8, 4) is 11.8 Å². The fourth-order valence-electron chi connectivity index (χ4n) is 4.01. The van der Waals surface area contributed by atoms with Crippen LogP contribution in [0.1, 0.15) is 65.1 Å². The second-order valence-electron chi connectivity index (χ2n) is 10.7. The summed E-state index contributed by atoms with van der Waals surface area (Å²) in [5, 5.41) is 15.2. The smallest absolute Gasteiger partial charge is 0.408 e. The molecule has 2 unspecified atom stereocenters. The lowest BCUT2D eigenvalue weighted by molar-refractivity contribution is -0.140. The van der Waals surface area contributed by atoms with Crippen LogP contribution in [-0.2, 0) is 20.7 Å². The van der Waals surface area contributed by atoms with Crippen LogP contribution < -0.4 is 15.4 Å². The molecule has 0 fully saturated rings. The van der Waals surface area contributed by atoms with Gasteiger partial charge in [0.05, 0.1) is 13.2 Å². The van der Waals surface area contributed by atoms with E-state index in [2.05, 4.69) is 10.6 Å². The lowest BCUT2D eigenvalue weighted by atomic mass is 9.98. The summed E-state index contributed by atoms with van der Waals surface area (Å²) in [7, 11) is 1.55. The number of aryl methyl sites for hydroxylation is 1. The average Bonchev–Trinajstić information content (AvgIpc) is 2.87. The lowest BCUT2D eigenvalue weighted by Crippen LogP contribution is -2.53. The number of carbonyl (C=O) groups is 3. The molecule has 0 aliphatic heterocycles. The molecule has 2 N–H and O–H groups in total. The van der Waals surface area contributed by atoms with Gasteiger partial charge in [0.1, 0.15) is 30.0 Å². The Kier molecular flexibility index (Phi) is 11.3. The highest BCUT2D eigenvalue weighted by Gasteiger charge is 2.36. The Balaban J connectivity index is 2.50. The van der Waals surface area contributed by atoms with Gasteiger partial charge in [0, 0.05) is 5.69 Å². The van der Waals surface area contributed by atoms with E-state index in [1.165, 1.54) is 4.90 Å². The van der Waals surface area contributed by atoms with Crippen LogP contribution in [0.4, 0.5) is 10.5 Å². The van der Waals surface area contributed by atoms with Crippen molar-refractivity contribution in [2.45, 2.75) is 72.1 Å². The summed E-state index contributed by atoms with van der Waals surface area (Å²) in [6.45, 7) is 10.7. The predicted octanol–water partition coefficient (Wildman–Crippen LogP) is 5.23. The number of alkyl carbamates (subject to hydrolysis) is 1. The first-order valence-electron chi connectivity index (χ1n) is 13.1. The van der Waals surface area contributed by atoms with E-state index in [1.54, 1.807) is 64.3 Å². The van der Waals surface area contributed by atoms with E-state index in [0.717, 1.165) is 12.0 Å². The number of ether oxygens (including phenoxy) is 2. The third-order valence-electron chi connectivity index (χ3n) is 5.84. The molecule has 2 atom stereocenters. The molecule has 9 heteroatoms. The largest absolute Gasteiger partial charge is 0.497 e. The summed E-state index contributed by atoms with van der Waals surface area (Å²) in [6.07, 6.45) is 0.353. The summed E-state index contributed by atoms with van der Waals surface area (Å²) < 4.78 is 10.6. The maximum absolute atomic E-state index is 14.0. The van der Waals surface area contributed by atoms with Gasteiger partial charge in [-0.1, -0.05) is 45.0 Å². The van der Waals surface area contributed by atoms with Gasteiger partial charge in [-0.05, 0) is 74.9 Å². The standard InChI is InChI=1S/C30H40N4O5/c1-8-21-9-11-22(12-10-21)26(27(35)32-23-13-15-24(38-7)16-14-23)34(18-17-31)28(36)25(19-20(2)3)33-29(37)39-30(4,5)6/h9-16,20,25-26H,8,18-19H2,1-7H3,(H,32,35)(H,33,37). The van der Waals surface area contributed by atoms with Crippen LogP contribution in [0.3, 0.4) is 0 Å². The maximum atomic E-state index is 14.0. The summed E-state index contributed by atoms with van der Waals surface area (Å²) in [4.78, 5) is 41.5. The minimum absolute atomic E-state index is 0.0354. The molecule has 210 valence electrons. The van der Waals surface area contributed by atoms with Crippen molar-refractivity contribution in [3.05, 3.63) is 59.7 Å². The number of carbonyl (C=O) groups excluding carboxylic acids is 3. The molecule has 0 saturated carbocycles. The van der Waals surface area contributed by atoms with Crippen LogP contribution in [0.5, 0.6) is 5.75 Å². The second-order valence-corrected chi connectivity index (χ2v) is 10.7. The highest BCUT2D eigenvalue weighted by Crippen LogP contribution is 2.26. The third-order valence-corrected chi connectivity index (χ3v) is 5.84. The molecule has 3 amide bonds. The molecule has 0 saturated heterocycles. The molecule has 9 nitrogen and oxygen atoms in total. The molecule has 2 rings (SSSR count). The van der Waals surface area contributed by atoms with Gasteiger partial charge in [-0.2, -0.15) is 5.26 Å². The summed E-state index contributed by atoms with van der Waals surface area (Å²) in [5.41, 5.74) is 1.35. The second kappa shape index (κ2) is 14.2. The summed E-state index contributed by atoms with van der Waals surface area (Å²) >= 11 is 0. The van der Waals surface area contributed by atoms with Gasteiger partial charge in [0.25, 0.3) is 5.91 Å². The van der Waals surface area contributed by atoms with Crippen molar-refractivity contribution in [2.24, 2.45) is 5.92 Å². The van der Waals surface area contributed by atoms with Crippen molar-refractivity contribution in [2.75, 3.05) is 19.0 Å². The number of rotatable bonds is 11. The number of hydrogen-bond acceptors (Lipinski definition) is 6. The van der Waals surface area contributed by atoms with E-state index >= 15 is 0 Å². The third kappa shape index (κ3) is 9.64. The summed E-state index contributed by atoms with van der Waals surface area (Å²) in [5.74, 6) is -0.377. The van der Waals surface area contributed by atoms with E-state index in [0.29, 0.717) is 23.4 Å². The van der Waals surface area contributed by atoms with Crippen LogP contribution in [0.15, 0.2) is 48.5 Å². The molecule has 0 bridgehead atoms. The van der Waals surface area contributed by atoms with E-state index in [1.807, 2.05) is 39.0 Å². The van der Waals surface area contributed by atoms with Crippen LogP contribution >= 0.6 is 0 Å². The van der Waals surface area contributed by atoms with Crippen molar-refractivity contribution in [1.82, 2.24) is 10.2 Å². The van der Waals surface area contributed by atoms with Gasteiger partial charge < -0.3 is 25.0 Å². The number of methoxy groups -OCH3 is 1. The zero-order valence-corrected chi connectivity index (χ0v) is 23.9. The van der Waals surface area contributed by atoms with Gasteiger partial charge in [-0.25, -0.2) is 4.79 Å². The minimum atomic E-state index is -1.12. The fraction of sp³-hybridized carbons (Fsp3) is 0.467. The number of nitrogens with one attached hydrogen (secondary N) is 2. The number of amides is 3. The molecule has 2 aromatic rings. The highest BCUT2D eigenvalue weighted by molar-refractivity contribution is 5.99. The summed E-state index contributed by atoms with van der Waals surface area (Å²) in [6, 6.07) is 14.0. The molecular formula is C30H40N4O5. The normalized spacial score (nSPS) is 12.6. The molecule has 39 heavy (non-hydrogen) atoms. The minimum Gasteiger partial charge on any atom is -0.497 e. The lowest BCUT2D eigenvalue weighted by Gasteiger charge is -2.33. The Labute approximate surface area is 231 Å². The van der Waals surface area contributed by atoms with Gasteiger partial charge in [-0.15, -0.1) is 0 Å². The van der Waals surface area contributed by atoms with Crippen molar-refractivity contribution < 1.29 is 23.9 Å². The first-order valence-corrected chi connectivity index (χ1v) is 13.1. The molecule has 0 spiro atoms. The van der Waals surface area contributed by atoms with Crippen LogP contribution in [0.2, 0.25) is 0 Å². The predicted molar refractivity (Wildman–Crippen MR) is 150 cm³/mol. The van der Waals surface area contributed by atoms with E-state index < -0.39 is 35.6 Å². The molecule has 0 aliphatic carbocycles. The Hall–Kier alpha value is -4.06. The van der Waals surface area contributed by atoms with Gasteiger partial charge in [0.2, 0.25) is 5.91 Å². The molecule has 0 aromatic heterocycles.